The van der Waals surface area contributed by atoms with Gasteiger partial charge >= 0.3 is 6.03 Å². The molecule has 0 spiro atoms. The molecular weight excluding hydrogens is 274 g/mol. The molecule has 8 heteroatoms. The molecule has 1 aliphatic rings. The Bertz CT molecular complexity index is 516. The molecule has 1 fully saturated rings. The zero-order valence-corrected chi connectivity index (χ0v) is 12.6. The quantitative estimate of drug-likeness (QED) is 0.774. The van der Waals surface area contributed by atoms with Crippen LogP contribution < -0.4 is 5.32 Å². The standard InChI is InChI=1S/C13H21N5O3/c1-16-6-7-18(13(16)20)8-12(19)15-10(9-21-3)11-4-5-14-17(11)2/h4-5,10H,6-9H2,1-3H3,(H,15,19)/t10-/m1/s1. The summed E-state index contributed by atoms with van der Waals surface area (Å²) in [4.78, 5) is 27.0. The predicted octanol–water partition coefficient (Wildman–Crippen LogP) is -0.409. The van der Waals surface area contributed by atoms with Gasteiger partial charge in [-0.15, -0.1) is 0 Å². The van der Waals surface area contributed by atoms with Gasteiger partial charge in [0.2, 0.25) is 5.91 Å². The van der Waals surface area contributed by atoms with Gasteiger partial charge in [-0.05, 0) is 6.07 Å². The topological polar surface area (TPSA) is 79.7 Å². The summed E-state index contributed by atoms with van der Waals surface area (Å²) >= 11 is 0. The van der Waals surface area contributed by atoms with Crippen molar-refractivity contribution >= 4 is 11.9 Å². The van der Waals surface area contributed by atoms with Gasteiger partial charge in [0.05, 0.1) is 18.3 Å². The summed E-state index contributed by atoms with van der Waals surface area (Å²) in [7, 11) is 5.11. The molecule has 0 bridgehead atoms. The number of carbonyl (C=O) groups is 2. The molecular formula is C13H21N5O3. The number of aryl methyl sites for hydroxylation is 1. The van der Waals surface area contributed by atoms with E-state index >= 15 is 0 Å². The number of nitrogens with one attached hydrogen (secondary N) is 1. The summed E-state index contributed by atoms with van der Waals surface area (Å²) in [5.41, 5.74) is 0.857. The van der Waals surface area contributed by atoms with Gasteiger partial charge in [-0.1, -0.05) is 0 Å². The Labute approximate surface area is 123 Å². The first-order valence-corrected chi connectivity index (χ1v) is 6.79. The molecule has 0 aromatic carbocycles. The summed E-state index contributed by atoms with van der Waals surface area (Å²) in [6.45, 7) is 1.62. The van der Waals surface area contributed by atoms with Crippen LogP contribution in [0.1, 0.15) is 11.7 Å². The number of hydrogen-bond acceptors (Lipinski definition) is 4. The summed E-state index contributed by atoms with van der Waals surface area (Å²) in [6.07, 6.45) is 1.67. The number of amides is 3. The Morgan fingerprint density at radius 2 is 2.24 bits per heavy atom. The highest BCUT2D eigenvalue weighted by Gasteiger charge is 2.28. The Kier molecular flexibility index (Phi) is 4.79. The minimum Gasteiger partial charge on any atom is -0.382 e. The van der Waals surface area contributed by atoms with Crippen molar-refractivity contribution in [1.82, 2.24) is 24.9 Å². The summed E-state index contributed by atoms with van der Waals surface area (Å²) < 4.78 is 6.84. The van der Waals surface area contributed by atoms with Crippen LogP contribution in [0.4, 0.5) is 4.79 Å². The minimum atomic E-state index is -0.287. The molecule has 0 radical (unpaired) electrons. The monoisotopic (exact) mass is 295 g/mol. The second-order valence-electron chi connectivity index (χ2n) is 5.08. The van der Waals surface area contributed by atoms with E-state index in [1.165, 1.54) is 4.90 Å². The molecule has 0 aliphatic carbocycles. The Hall–Kier alpha value is -2.09. The normalized spacial score (nSPS) is 16.4. The van der Waals surface area contributed by atoms with Crippen molar-refractivity contribution in [1.29, 1.82) is 0 Å². The highest BCUT2D eigenvalue weighted by molar-refractivity contribution is 5.85. The largest absolute Gasteiger partial charge is 0.382 e. The van der Waals surface area contributed by atoms with E-state index in [0.717, 1.165) is 5.69 Å². The number of rotatable bonds is 6. The molecule has 116 valence electrons. The third-order valence-corrected chi connectivity index (χ3v) is 3.52. The number of methoxy groups -OCH3 is 1. The van der Waals surface area contributed by atoms with Gasteiger partial charge in [0, 0.05) is 40.5 Å². The predicted molar refractivity (Wildman–Crippen MR) is 75.6 cm³/mol. The lowest BCUT2D eigenvalue weighted by atomic mass is 10.2. The number of carbonyl (C=O) groups excluding carboxylic acids is 2. The van der Waals surface area contributed by atoms with E-state index < -0.39 is 0 Å². The fourth-order valence-corrected chi connectivity index (χ4v) is 2.36. The molecule has 1 aliphatic heterocycles. The molecule has 21 heavy (non-hydrogen) atoms. The average molecular weight is 295 g/mol. The van der Waals surface area contributed by atoms with E-state index in [0.29, 0.717) is 19.7 Å². The second-order valence-corrected chi connectivity index (χ2v) is 5.08. The van der Waals surface area contributed by atoms with Crippen molar-refractivity contribution < 1.29 is 14.3 Å². The molecule has 0 unspecified atom stereocenters. The van der Waals surface area contributed by atoms with Crippen LogP contribution in [0.3, 0.4) is 0 Å². The lowest BCUT2D eigenvalue weighted by Gasteiger charge is -2.21. The number of urea groups is 1. The fourth-order valence-electron chi connectivity index (χ4n) is 2.36. The molecule has 2 rings (SSSR count). The highest BCUT2D eigenvalue weighted by Crippen LogP contribution is 2.12. The zero-order chi connectivity index (χ0) is 15.4. The second kappa shape index (κ2) is 6.57. The molecule has 8 nitrogen and oxygen atoms in total. The van der Waals surface area contributed by atoms with E-state index in [2.05, 4.69) is 10.4 Å². The van der Waals surface area contributed by atoms with Gasteiger partial charge in [-0.25, -0.2) is 4.79 Å². The van der Waals surface area contributed by atoms with E-state index in [1.54, 1.807) is 29.9 Å². The van der Waals surface area contributed by atoms with E-state index in [-0.39, 0.29) is 24.5 Å². The summed E-state index contributed by atoms with van der Waals surface area (Å²) in [5, 5.41) is 6.98. The lowest BCUT2D eigenvalue weighted by Crippen LogP contribution is -2.41. The van der Waals surface area contributed by atoms with Crippen molar-refractivity contribution in [2.75, 3.05) is 40.4 Å². The van der Waals surface area contributed by atoms with E-state index in [4.69, 9.17) is 4.74 Å². The summed E-state index contributed by atoms with van der Waals surface area (Å²) in [5.74, 6) is -0.207. The first-order chi connectivity index (χ1) is 10.0. The van der Waals surface area contributed by atoms with Crippen molar-refractivity contribution in [2.24, 2.45) is 7.05 Å². The highest BCUT2D eigenvalue weighted by atomic mass is 16.5. The van der Waals surface area contributed by atoms with Gasteiger partial charge in [0.25, 0.3) is 0 Å². The Morgan fingerprint density at radius 1 is 1.48 bits per heavy atom. The SMILES string of the molecule is COC[C@@H](NC(=O)CN1CCN(C)C1=O)c1ccnn1C. The summed E-state index contributed by atoms with van der Waals surface area (Å²) in [6, 6.07) is 1.43. The van der Waals surface area contributed by atoms with Crippen LogP contribution in [-0.2, 0) is 16.6 Å². The number of aromatic nitrogens is 2. The van der Waals surface area contributed by atoms with Gasteiger partial charge < -0.3 is 19.9 Å². The van der Waals surface area contributed by atoms with Crippen LogP contribution in [0.15, 0.2) is 12.3 Å². The number of nitrogens with zero attached hydrogens (tertiary/aromatic N) is 4. The van der Waals surface area contributed by atoms with Crippen LogP contribution in [0, 0.1) is 0 Å². The van der Waals surface area contributed by atoms with Crippen molar-refractivity contribution in [3.05, 3.63) is 18.0 Å². The van der Waals surface area contributed by atoms with Gasteiger partial charge in [0.15, 0.2) is 0 Å². The zero-order valence-electron chi connectivity index (χ0n) is 12.6. The average Bonchev–Trinajstić information content (AvgIpc) is 2.99. The maximum absolute atomic E-state index is 12.1. The molecule has 1 atom stereocenters. The molecule has 1 aromatic rings. The van der Waals surface area contributed by atoms with Crippen LogP contribution in [-0.4, -0.2) is 71.9 Å². The van der Waals surface area contributed by atoms with E-state index in [1.807, 2.05) is 13.1 Å². The molecule has 2 heterocycles. The number of hydrogen-bond donors (Lipinski definition) is 1. The van der Waals surface area contributed by atoms with Crippen LogP contribution in [0.2, 0.25) is 0 Å². The van der Waals surface area contributed by atoms with Crippen molar-refractivity contribution in [3.63, 3.8) is 0 Å². The maximum Gasteiger partial charge on any atom is 0.320 e. The van der Waals surface area contributed by atoms with E-state index in [9.17, 15) is 9.59 Å². The number of likely N-dealkylation sites (N-methyl/N-ethyl adjacent to an activating group) is 1. The van der Waals surface area contributed by atoms with Crippen molar-refractivity contribution in [3.8, 4) is 0 Å². The smallest absolute Gasteiger partial charge is 0.320 e. The lowest BCUT2D eigenvalue weighted by molar-refractivity contribution is -0.122. The maximum atomic E-state index is 12.1. The first-order valence-electron chi connectivity index (χ1n) is 6.79. The fraction of sp³-hybridized carbons (Fsp3) is 0.615. The third-order valence-electron chi connectivity index (χ3n) is 3.52. The third kappa shape index (κ3) is 3.52. The van der Waals surface area contributed by atoms with Gasteiger partial charge in [0.1, 0.15) is 6.54 Å². The van der Waals surface area contributed by atoms with Gasteiger partial charge in [-0.3, -0.25) is 9.48 Å². The Balaban J connectivity index is 1.96. The molecule has 1 saturated heterocycles. The number of ether oxygens (including phenoxy) is 1. The molecule has 1 N–H and O–H groups in total. The molecule has 0 saturated carbocycles. The van der Waals surface area contributed by atoms with Crippen LogP contribution in [0.25, 0.3) is 0 Å². The molecule has 1 aromatic heterocycles. The molecule has 3 amide bonds. The van der Waals surface area contributed by atoms with Crippen molar-refractivity contribution in [2.45, 2.75) is 6.04 Å². The van der Waals surface area contributed by atoms with Gasteiger partial charge in [-0.2, -0.15) is 5.10 Å². The van der Waals surface area contributed by atoms with Crippen LogP contribution in [0.5, 0.6) is 0 Å². The minimum absolute atomic E-state index is 0.0568. The Morgan fingerprint density at radius 3 is 2.76 bits per heavy atom. The first kappa shape index (κ1) is 15.3. The van der Waals surface area contributed by atoms with Crippen LogP contribution >= 0.6 is 0 Å².